The van der Waals surface area contributed by atoms with Gasteiger partial charge in [0.25, 0.3) is 5.91 Å². The van der Waals surface area contributed by atoms with Crippen LogP contribution in [0, 0.1) is 6.92 Å². The molecule has 1 N–H and O–H groups in total. The second-order valence-electron chi connectivity index (χ2n) is 6.48. The summed E-state index contributed by atoms with van der Waals surface area (Å²) in [4.78, 5) is 19.3. The van der Waals surface area contributed by atoms with Crippen LogP contribution in [-0.4, -0.2) is 52.9 Å². The fraction of sp³-hybridized carbons (Fsp3) is 0.412. The average Bonchev–Trinajstić information content (AvgIpc) is 3.33. The number of aromatic nitrogens is 5. The normalized spacial score (nSPS) is 17.5. The standard InChI is InChI=1S/C17H20N6O2/c1-12-4-6-21-10-15(18-16(21)7-12)17(25)23-5-2-3-14(23)9-22-8-13(11-24)19-20-22/h4,6-8,10,14,24H,2-3,5,9,11H2,1H3/t14-/m0/s1. The second-order valence-corrected chi connectivity index (χ2v) is 6.48. The van der Waals surface area contributed by atoms with Gasteiger partial charge >= 0.3 is 0 Å². The van der Waals surface area contributed by atoms with Crippen molar-refractivity contribution in [1.29, 1.82) is 0 Å². The van der Waals surface area contributed by atoms with Gasteiger partial charge in [-0.3, -0.25) is 9.48 Å². The Balaban J connectivity index is 1.54. The smallest absolute Gasteiger partial charge is 0.274 e. The number of likely N-dealkylation sites (tertiary alicyclic amines) is 1. The molecule has 1 fully saturated rings. The Hall–Kier alpha value is -2.74. The molecule has 0 spiro atoms. The lowest BCUT2D eigenvalue weighted by atomic mass is 10.2. The van der Waals surface area contributed by atoms with Gasteiger partial charge in [-0.1, -0.05) is 5.21 Å². The van der Waals surface area contributed by atoms with Crippen LogP contribution in [-0.2, 0) is 13.2 Å². The summed E-state index contributed by atoms with van der Waals surface area (Å²) in [5.41, 5.74) is 2.89. The minimum atomic E-state index is -0.131. The molecule has 1 aliphatic rings. The highest BCUT2D eigenvalue weighted by atomic mass is 16.3. The molecular formula is C17H20N6O2. The van der Waals surface area contributed by atoms with E-state index < -0.39 is 0 Å². The van der Waals surface area contributed by atoms with Gasteiger partial charge in [0.05, 0.1) is 25.4 Å². The van der Waals surface area contributed by atoms with E-state index in [1.54, 1.807) is 17.1 Å². The van der Waals surface area contributed by atoms with Crippen molar-refractivity contribution in [2.45, 2.75) is 39.0 Å². The topological polar surface area (TPSA) is 88.5 Å². The van der Waals surface area contributed by atoms with E-state index in [1.165, 1.54) is 0 Å². The number of amides is 1. The first kappa shape index (κ1) is 15.8. The van der Waals surface area contributed by atoms with E-state index >= 15 is 0 Å². The molecule has 8 nitrogen and oxygen atoms in total. The Morgan fingerprint density at radius 1 is 1.40 bits per heavy atom. The lowest BCUT2D eigenvalue weighted by molar-refractivity contribution is 0.0716. The Morgan fingerprint density at radius 3 is 3.08 bits per heavy atom. The zero-order valence-electron chi connectivity index (χ0n) is 14.0. The van der Waals surface area contributed by atoms with E-state index in [1.807, 2.05) is 34.6 Å². The Bertz CT molecular complexity index is 915. The number of pyridine rings is 1. The number of hydrogen-bond acceptors (Lipinski definition) is 5. The predicted molar refractivity (Wildman–Crippen MR) is 89.9 cm³/mol. The molecule has 0 bridgehead atoms. The third-order valence-corrected chi connectivity index (χ3v) is 4.62. The SMILES string of the molecule is Cc1ccn2cc(C(=O)N3CCC[C@H]3Cn3cc(CO)nn3)nc2c1. The summed E-state index contributed by atoms with van der Waals surface area (Å²) in [6, 6.07) is 4.02. The van der Waals surface area contributed by atoms with Crippen molar-refractivity contribution in [3.05, 3.63) is 47.7 Å². The summed E-state index contributed by atoms with van der Waals surface area (Å²) in [6.45, 7) is 3.17. The number of carbonyl (C=O) groups excluding carboxylic acids is 1. The summed E-state index contributed by atoms with van der Waals surface area (Å²) in [5, 5.41) is 17.0. The highest BCUT2D eigenvalue weighted by Crippen LogP contribution is 2.21. The largest absolute Gasteiger partial charge is 0.390 e. The minimum Gasteiger partial charge on any atom is -0.390 e. The maximum atomic E-state index is 12.9. The summed E-state index contributed by atoms with van der Waals surface area (Å²) in [5.74, 6) is -0.0497. The number of rotatable bonds is 4. The zero-order valence-corrected chi connectivity index (χ0v) is 14.0. The van der Waals surface area contributed by atoms with Crippen molar-refractivity contribution in [2.75, 3.05) is 6.54 Å². The first-order valence-corrected chi connectivity index (χ1v) is 8.40. The number of imidazole rings is 1. The number of aryl methyl sites for hydroxylation is 1. The van der Waals surface area contributed by atoms with Crippen molar-refractivity contribution in [3.8, 4) is 0 Å². The van der Waals surface area contributed by atoms with E-state index in [-0.39, 0.29) is 18.6 Å². The molecule has 4 rings (SSSR count). The second kappa shape index (κ2) is 6.29. The van der Waals surface area contributed by atoms with Gasteiger partial charge < -0.3 is 14.4 Å². The molecule has 4 heterocycles. The average molecular weight is 340 g/mol. The maximum Gasteiger partial charge on any atom is 0.274 e. The summed E-state index contributed by atoms with van der Waals surface area (Å²) in [7, 11) is 0. The highest BCUT2D eigenvalue weighted by Gasteiger charge is 2.31. The van der Waals surface area contributed by atoms with Crippen LogP contribution in [0.15, 0.2) is 30.7 Å². The summed E-state index contributed by atoms with van der Waals surface area (Å²) >= 11 is 0. The lowest BCUT2D eigenvalue weighted by Gasteiger charge is -2.23. The van der Waals surface area contributed by atoms with Crippen molar-refractivity contribution < 1.29 is 9.90 Å². The molecule has 0 unspecified atom stereocenters. The third kappa shape index (κ3) is 3.00. The quantitative estimate of drug-likeness (QED) is 0.766. The Morgan fingerprint density at radius 2 is 2.28 bits per heavy atom. The van der Waals surface area contributed by atoms with Gasteiger partial charge in [0.1, 0.15) is 17.0 Å². The molecular weight excluding hydrogens is 320 g/mol. The van der Waals surface area contributed by atoms with Gasteiger partial charge in [-0.25, -0.2) is 4.98 Å². The number of fused-ring (bicyclic) bond motifs is 1. The first-order valence-electron chi connectivity index (χ1n) is 8.40. The van der Waals surface area contributed by atoms with E-state index in [9.17, 15) is 4.79 Å². The molecule has 1 aliphatic heterocycles. The molecule has 8 heteroatoms. The molecule has 1 amide bonds. The van der Waals surface area contributed by atoms with Gasteiger partial charge in [0.2, 0.25) is 0 Å². The van der Waals surface area contributed by atoms with Gasteiger partial charge in [-0.05, 0) is 37.5 Å². The van der Waals surface area contributed by atoms with Gasteiger partial charge in [-0.15, -0.1) is 5.10 Å². The van der Waals surface area contributed by atoms with Gasteiger partial charge in [0, 0.05) is 18.9 Å². The fourth-order valence-electron chi connectivity index (χ4n) is 3.34. The zero-order chi connectivity index (χ0) is 17.4. The van der Waals surface area contributed by atoms with E-state index in [0.717, 1.165) is 30.6 Å². The van der Waals surface area contributed by atoms with Crippen molar-refractivity contribution in [1.82, 2.24) is 29.3 Å². The maximum absolute atomic E-state index is 12.9. The molecule has 0 radical (unpaired) electrons. The molecule has 25 heavy (non-hydrogen) atoms. The predicted octanol–water partition coefficient (Wildman–Crippen LogP) is 1.03. The van der Waals surface area contributed by atoms with Crippen molar-refractivity contribution >= 4 is 11.6 Å². The van der Waals surface area contributed by atoms with Crippen LogP contribution in [0.2, 0.25) is 0 Å². The van der Waals surface area contributed by atoms with Crippen LogP contribution in [0.4, 0.5) is 0 Å². The van der Waals surface area contributed by atoms with Crippen LogP contribution in [0.25, 0.3) is 5.65 Å². The van der Waals surface area contributed by atoms with Crippen molar-refractivity contribution in [2.24, 2.45) is 0 Å². The molecule has 0 aromatic carbocycles. The fourth-order valence-corrected chi connectivity index (χ4v) is 3.34. The van der Waals surface area contributed by atoms with Gasteiger partial charge in [0.15, 0.2) is 0 Å². The van der Waals surface area contributed by atoms with E-state index in [4.69, 9.17) is 5.11 Å². The number of nitrogens with zero attached hydrogens (tertiary/aromatic N) is 6. The third-order valence-electron chi connectivity index (χ3n) is 4.62. The van der Waals surface area contributed by atoms with Crippen LogP contribution in [0.5, 0.6) is 0 Å². The Labute approximate surface area is 144 Å². The Kier molecular flexibility index (Phi) is 3.96. The van der Waals surface area contributed by atoms with Crippen LogP contribution < -0.4 is 0 Å². The molecule has 0 aliphatic carbocycles. The number of carbonyl (C=O) groups is 1. The molecule has 130 valence electrons. The van der Waals surface area contributed by atoms with Crippen molar-refractivity contribution in [3.63, 3.8) is 0 Å². The molecule has 1 saturated heterocycles. The van der Waals surface area contributed by atoms with E-state index in [2.05, 4.69) is 15.3 Å². The summed E-state index contributed by atoms with van der Waals surface area (Å²) < 4.78 is 3.56. The number of aliphatic hydroxyl groups is 1. The molecule has 3 aromatic rings. The number of aliphatic hydroxyl groups excluding tert-OH is 1. The monoisotopic (exact) mass is 340 g/mol. The minimum absolute atomic E-state index is 0.0497. The highest BCUT2D eigenvalue weighted by molar-refractivity contribution is 5.93. The van der Waals surface area contributed by atoms with Crippen LogP contribution in [0.3, 0.4) is 0 Å². The number of hydrogen-bond donors (Lipinski definition) is 1. The lowest BCUT2D eigenvalue weighted by Crippen LogP contribution is -2.38. The molecule has 1 atom stereocenters. The van der Waals surface area contributed by atoms with Crippen LogP contribution >= 0.6 is 0 Å². The first-order chi connectivity index (χ1) is 12.1. The molecule has 3 aromatic heterocycles. The van der Waals surface area contributed by atoms with Crippen LogP contribution in [0.1, 0.15) is 34.6 Å². The van der Waals surface area contributed by atoms with Gasteiger partial charge in [-0.2, -0.15) is 0 Å². The van der Waals surface area contributed by atoms with E-state index in [0.29, 0.717) is 17.9 Å². The summed E-state index contributed by atoms with van der Waals surface area (Å²) in [6.07, 6.45) is 7.30. The molecule has 0 saturated carbocycles.